The van der Waals surface area contributed by atoms with E-state index in [1.54, 1.807) is 6.07 Å². The molecule has 0 fully saturated rings. The molecule has 0 bridgehead atoms. The lowest BCUT2D eigenvalue weighted by atomic mass is 10.0. The Morgan fingerprint density at radius 1 is 0.667 bits per heavy atom. The molecule has 33 heavy (non-hydrogen) atoms. The van der Waals surface area contributed by atoms with E-state index in [1.165, 1.54) is 0 Å². The van der Waals surface area contributed by atoms with Crippen LogP contribution in [0.3, 0.4) is 0 Å². The summed E-state index contributed by atoms with van der Waals surface area (Å²) in [4.78, 5) is 22.9. The average molecular weight is 430 g/mol. The van der Waals surface area contributed by atoms with Crippen molar-refractivity contribution >= 4 is 22.6 Å². The number of fused-ring (bicyclic) bond motifs is 1. The fourth-order valence-electron chi connectivity index (χ4n) is 3.94. The van der Waals surface area contributed by atoms with Crippen LogP contribution in [-0.4, -0.2) is 15.9 Å². The molecule has 0 aliphatic rings. The highest BCUT2D eigenvalue weighted by Gasteiger charge is 2.15. The van der Waals surface area contributed by atoms with E-state index in [0.717, 1.165) is 44.8 Å². The Kier molecular flexibility index (Phi) is 5.41. The van der Waals surface area contributed by atoms with Crippen LogP contribution in [0.4, 0.5) is 5.69 Å². The molecule has 0 atom stereocenters. The predicted octanol–water partition coefficient (Wildman–Crippen LogP) is 6.83. The van der Waals surface area contributed by atoms with Gasteiger partial charge in [-0.2, -0.15) is 0 Å². The van der Waals surface area contributed by atoms with Crippen molar-refractivity contribution in [3.8, 4) is 22.5 Å². The van der Waals surface area contributed by atoms with Gasteiger partial charge in [-0.15, -0.1) is 0 Å². The number of amides is 1. The molecule has 0 saturated heterocycles. The number of benzene rings is 4. The summed E-state index contributed by atoms with van der Waals surface area (Å²) in [5.74, 6) is -0.168. The smallest absolute Gasteiger partial charge is 0.255 e. The SMILES string of the molecule is Cc1ccc(NC(=O)c2ccc3nc(-c4ccccc4)c(-c4ccccc4)nc3c2)c(C)c1. The first-order valence-electron chi connectivity index (χ1n) is 10.9. The molecule has 4 aromatic carbocycles. The van der Waals surface area contributed by atoms with Crippen molar-refractivity contribution in [3.63, 3.8) is 0 Å². The summed E-state index contributed by atoms with van der Waals surface area (Å²) >= 11 is 0. The molecule has 0 radical (unpaired) electrons. The molecule has 1 amide bonds. The lowest BCUT2D eigenvalue weighted by molar-refractivity contribution is 0.102. The Morgan fingerprint density at radius 3 is 1.88 bits per heavy atom. The monoisotopic (exact) mass is 429 g/mol. The lowest BCUT2D eigenvalue weighted by Gasteiger charge is -2.12. The highest BCUT2D eigenvalue weighted by molar-refractivity contribution is 6.06. The minimum Gasteiger partial charge on any atom is -0.322 e. The maximum Gasteiger partial charge on any atom is 0.255 e. The molecule has 1 N–H and O–H groups in total. The van der Waals surface area contributed by atoms with Gasteiger partial charge in [0.15, 0.2) is 0 Å². The summed E-state index contributed by atoms with van der Waals surface area (Å²) in [6.45, 7) is 4.03. The Hall–Kier alpha value is -4.31. The number of anilines is 1. The van der Waals surface area contributed by atoms with E-state index < -0.39 is 0 Å². The summed E-state index contributed by atoms with van der Waals surface area (Å²) in [5.41, 5.74) is 8.57. The third-order valence-corrected chi connectivity index (χ3v) is 5.65. The van der Waals surface area contributed by atoms with Crippen LogP contribution >= 0.6 is 0 Å². The highest BCUT2D eigenvalue weighted by Crippen LogP contribution is 2.31. The Bertz CT molecular complexity index is 1460. The van der Waals surface area contributed by atoms with Crippen molar-refractivity contribution in [1.82, 2.24) is 9.97 Å². The molecule has 5 rings (SSSR count). The van der Waals surface area contributed by atoms with Gasteiger partial charge in [0.25, 0.3) is 5.91 Å². The fraction of sp³-hybridized carbons (Fsp3) is 0.0690. The molecular weight excluding hydrogens is 406 g/mol. The van der Waals surface area contributed by atoms with E-state index in [0.29, 0.717) is 11.1 Å². The van der Waals surface area contributed by atoms with Gasteiger partial charge >= 0.3 is 0 Å². The first-order valence-corrected chi connectivity index (χ1v) is 10.9. The molecule has 0 aliphatic heterocycles. The van der Waals surface area contributed by atoms with Crippen molar-refractivity contribution in [2.45, 2.75) is 13.8 Å². The highest BCUT2D eigenvalue weighted by atomic mass is 16.1. The zero-order chi connectivity index (χ0) is 22.8. The summed E-state index contributed by atoms with van der Waals surface area (Å²) in [6, 6.07) is 31.5. The summed E-state index contributed by atoms with van der Waals surface area (Å²) in [7, 11) is 0. The Morgan fingerprint density at radius 2 is 1.27 bits per heavy atom. The van der Waals surface area contributed by atoms with E-state index >= 15 is 0 Å². The quantitative estimate of drug-likeness (QED) is 0.340. The van der Waals surface area contributed by atoms with Crippen molar-refractivity contribution < 1.29 is 4.79 Å². The van der Waals surface area contributed by atoms with Gasteiger partial charge < -0.3 is 5.32 Å². The molecule has 1 heterocycles. The zero-order valence-electron chi connectivity index (χ0n) is 18.5. The summed E-state index contributed by atoms with van der Waals surface area (Å²) < 4.78 is 0. The lowest BCUT2D eigenvalue weighted by Crippen LogP contribution is -2.13. The number of hydrogen-bond acceptors (Lipinski definition) is 3. The van der Waals surface area contributed by atoms with Gasteiger partial charge in [0.2, 0.25) is 0 Å². The van der Waals surface area contributed by atoms with Gasteiger partial charge in [-0.05, 0) is 43.7 Å². The summed E-state index contributed by atoms with van der Waals surface area (Å²) in [5, 5.41) is 3.01. The first-order chi connectivity index (χ1) is 16.1. The third kappa shape index (κ3) is 4.23. The predicted molar refractivity (Wildman–Crippen MR) is 134 cm³/mol. The molecule has 4 heteroatoms. The second-order valence-electron chi connectivity index (χ2n) is 8.13. The molecule has 0 spiro atoms. The summed E-state index contributed by atoms with van der Waals surface area (Å²) in [6.07, 6.45) is 0. The largest absolute Gasteiger partial charge is 0.322 e. The van der Waals surface area contributed by atoms with Crippen molar-refractivity contribution in [3.05, 3.63) is 114 Å². The van der Waals surface area contributed by atoms with Crippen molar-refractivity contribution in [2.75, 3.05) is 5.32 Å². The number of rotatable bonds is 4. The van der Waals surface area contributed by atoms with Gasteiger partial charge in [0, 0.05) is 22.4 Å². The van der Waals surface area contributed by atoms with Crippen molar-refractivity contribution in [2.24, 2.45) is 0 Å². The maximum atomic E-state index is 13.0. The molecule has 0 unspecified atom stereocenters. The molecule has 5 aromatic rings. The molecule has 4 nitrogen and oxygen atoms in total. The third-order valence-electron chi connectivity index (χ3n) is 5.65. The van der Waals surface area contributed by atoms with E-state index in [-0.39, 0.29) is 5.91 Å². The number of hydrogen-bond donors (Lipinski definition) is 1. The van der Waals surface area contributed by atoms with Crippen LogP contribution in [-0.2, 0) is 0 Å². The normalized spacial score (nSPS) is 10.8. The minimum absolute atomic E-state index is 0.168. The molecule has 1 aromatic heterocycles. The van der Waals surface area contributed by atoms with Crippen LogP contribution in [0.25, 0.3) is 33.5 Å². The number of aryl methyl sites for hydroxylation is 2. The van der Waals surface area contributed by atoms with E-state index in [9.17, 15) is 4.79 Å². The number of carbonyl (C=O) groups is 1. The van der Waals surface area contributed by atoms with Crippen LogP contribution in [0.2, 0.25) is 0 Å². The second-order valence-corrected chi connectivity index (χ2v) is 8.13. The van der Waals surface area contributed by atoms with Crippen LogP contribution in [0.1, 0.15) is 21.5 Å². The minimum atomic E-state index is -0.168. The molecule has 0 aliphatic carbocycles. The van der Waals surface area contributed by atoms with Crippen LogP contribution in [0.5, 0.6) is 0 Å². The van der Waals surface area contributed by atoms with Crippen LogP contribution in [0.15, 0.2) is 97.1 Å². The van der Waals surface area contributed by atoms with Crippen molar-refractivity contribution in [1.29, 1.82) is 0 Å². The van der Waals surface area contributed by atoms with Crippen LogP contribution in [0, 0.1) is 13.8 Å². The van der Waals surface area contributed by atoms with Crippen LogP contribution < -0.4 is 5.32 Å². The van der Waals surface area contributed by atoms with E-state index in [2.05, 4.69) is 11.4 Å². The topological polar surface area (TPSA) is 54.9 Å². The van der Waals surface area contributed by atoms with Gasteiger partial charge in [0.05, 0.1) is 22.4 Å². The van der Waals surface area contributed by atoms with Gasteiger partial charge in [-0.3, -0.25) is 4.79 Å². The van der Waals surface area contributed by atoms with E-state index in [4.69, 9.17) is 9.97 Å². The Balaban J connectivity index is 1.59. The molecular formula is C29H23N3O. The second kappa shape index (κ2) is 8.67. The average Bonchev–Trinajstić information content (AvgIpc) is 2.85. The van der Waals surface area contributed by atoms with Gasteiger partial charge in [-0.1, -0.05) is 78.4 Å². The number of carbonyl (C=O) groups excluding carboxylic acids is 1. The maximum absolute atomic E-state index is 13.0. The first kappa shape index (κ1) is 20.6. The van der Waals surface area contributed by atoms with Gasteiger partial charge in [-0.25, -0.2) is 9.97 Å². The Labute approximate surface area is 193 Å². The van der Waals surface area contributed by atoms with E-state index in [1.807, 2.05) is 98.8 Å². The number of nitrogens with one attached hydrogen (secondary N) is 1. The standard InChI is InChI=1S/C29H23N3O/c1-19-13-15-24(20(2)17-19)32-29(33)23-14-16-25-26(18-23)31-28(22-11-7-4-8-12-22)27(30-25)21-9-5-3-6-10-21/h3-18H,1-2H3,(H,32,33). The number of aromatic nitrogens is 2. The number of nitrogens with zero attached hydrogens (tertiary/aromatic N) is 2. The molecule has 0 saturated carbocycles. The molecule has 160 valence electrons. The zero-order valence-corrected chi connectivity index (χ0v) is 18.5. The fourth-order valence-corrected chi connectivity index (χ4v) is 3.94. The van der Waals surface area contributed by atoms with Gasteiger partial charge in [0.1, 0.15) is 0 Å².